The van der Waals surface area contributed by atoms with Crippen LogP contribution in [0.3, 0.4) is 0 Å². The first-order valence-electron chi connectivity index (χ1n) is 11.4. The molecule has 1 saturated heterocycles. The first-order chi connectivity index (χ1) is 16.4. The minimum atomic E-state index is -0.370. The molecule has 1 aliphatic rings. The van der Waals surface area contributed by atoms with Crippen molar-refractivity contribution < 1.29 is 23.9 Å². The van der Waals surface area contributed by atoms with E-state index in [0.717, 1.165) is 32.4 Å². The van der Waals surface area contributed by atoms with Crippen LogP contribution in [0.1, 0.15) is 36.5 Å². The topological polar surface area (TPSA) is 88.2 Å². The van der Waals surface area contributed by atoms with Crippen molar-refractivity contribution >= 4 is 35.0 Å². The number of carbonyl (C=O) groups is 3. The number of benzene rings is 2. The molecule has 2 aromatic carbocycles. The molecule has 34 heavy (non-hydrogen) atoms. The number of likely N-dealkylation sites (tertiary alicyclic amines) is 1. The summed E-state index contributed by atoms with van der Waals surface area (Å²) >= 11 is 6.07. The number of hydrogen-bond acceptors (Lipinski definition) is 5. The van der Waals surface area contributed by atoms with Crippen molar-refractivity contribution in [3.05, 3.63) is 53.1 Å². The van der Waals surface area contributed by atoms with Gasteiger partial charge in [0.25, 0.3) is 11.8 Å². The van der Waals surface area contributed by atoms with E-state index in [4.69, 9.17) is 21.1 Å². The van der Waals surface area contributed by atoms with Gasteiger partial charge < -0.3 is 24.6 Å². The second-order valence-corrected chi connectivity index (χ2v) is 8.42. The predicted octanol–water partition coefficient (Wildman–Crippen LogP) is 3.84. The van der Waals surface area contributed by atoms with Crippen molar-refractivity contribution in [2.75, 3.05) is 45.2 Å². The maximum atomic E-state index is 12.9. The Bertz CT molecular complexity index is 1020. The van der Waals surface area contributed by atoms with Crippen LogP contribution >= 0.6 is 11.6 Å². The third-order valence-electron chi connectivity index (χ3n) is 5.43. The van der Waals surface area contributed by atoms with Crippen molar-refractivity contribution in [3.63, 3.8) is 0 Å². The van der Waals surface area contributed by atoms with Crippen LogP contribution in [-0.4, -0.2) is 67.4 Å². The number of nitrogens with one attached hydrogen (secondary N) is 1. The van der Waals surface area contributed by atoms with Crippen molar-refractivity contribution in [2.24, 2.45) is 0 Å². The highest BCUT2D eigenvalue weighted by molar-refractivity contribution is 6.33. The van der Waals surface area contributed by atoms with Crippen LogP contribution in [0.5, 0.6) is 11.5 Å². The molecular formula is C25H30ClN3O5. The zero-order chi connectivity index (χ0) is 24.5. The first-order valence-corrected chi connectivity index (χ1v) is 11.7. The summed E-state index contributed by atoms with van der Waals surface area (Å²) in [5, 5.41) is 3.11. The fourth-order valence-corrected chi connectivity index (χ4v) is 3.85. The molecule has 1 aliphatic heterocycles. The average Bonchev–Trinajstić information content (AvgIpc) is 2.84. The summed E-state index contributed by atoms with van der Waals surface area (Å²) in [6.45, 7) is 3.45. The number of anilines is 1. The van der Waals surface area contributed by atoms with Crippen LogP contribution in [0.2, 0.25) is 5.02 Å². The molecule has 0 radical (unpaired) electrons. The van der Waals surface area contributed by atoms with Gasteiger partial charge in [0, 0.05) is 25.7 Å². The maximum absolute atomic E-state index is 12.9. The van der Waals surface area contributed by atoms with E-state index < -0.39 is 0 Å². The summed E-state index contributed by atoms with van der Waals surface area (Å²) in [6.07, 6.45) is 3.16. The Hall–Kier alpha value is -3.26. The van der Waals surface area contributed by atoms with Crippen molar-refractivity contribution in [3.8, 4) is 11.5 Å². The number of halogens is 1. The number of carbonyl (C=O) groups excluding carboxylic acids is 3. The van der Waals surface area contributed by atoms with Gasteiger partial charge >= 0.3 is 0 Å². The second kappa shape index (κ2) is 12.3. The van der Waals surface area contributed by atoms with Gasteiger partial charge in [0.15, 0.2) is 18.1 Å². The van der Waals surface area contributed by atoms with Gasteiger partial charge in [-0.3, -0.25) is 14.4 Å². The molecule has 2 aromatic rings. The highest BCUT2D eigenvalue weighted by atomic mass is 35.5. The number of hydrogen-bond donors (Lipinski definition) is 1. The standard InChI is InChI=1S/C25H30ClN3O5/c1-3-33-22-15-18(11-12-21(22)34-17-24(31)29-13-7-4-8-14-29)25(32)28(2)16-23(30)27-20-10-6-5-9-19(20)26/h5-6,9-12,15H,3-4,7-8,13-14,16-17H2,1-2H3,(H,27,30). The Labute approximate surface area is 204 Å². The predicted molar refractivity (Wildman–Crippen MR) is 131 cm³/mol. The Balaban J connectivity index is 1.62. The largest absolute Gasteiger partial charge is 0.490 e. The molecule has 9 heteroatoms. The number of amides is 3. The van der Waals surface area contributed by atoms with Crippen LogP contribution in [0.25, 0.3) is 0 Å². The van der Waals surface area contributed by atoms with Gasteiger partial charge in [-0.1, -0.05) is 23.7 Å². The monoisotopic (exact) mass is 487 g/mol. The summed E-state index contributed by atoms with van der Waals surface area (Å²) in [4.78, 5) is 40.8. The van der Waals surface area contributed by atoms with Crippen LogP contribution in [0.4, 0.5) is 5.69 Å². The molecule has 3 rings (SSSR count). The minimum Gasteiger partial charge on any atom is -0.490 e. The quantitative estimate of drug-likeness (QED) is 0.580. The molecule has 1 fully saturated rings. The summed E-state index contributed by atoms with van der Waals surface area (Å²) < 4.78 is 11.4. The molecule has 0 spiro atoms. The molecular weight excluding hydrogens is 458 g/mol. The highest BCUT2D eigenvalue weighted by Crippen LogP contribution is 2.29. The lowest BCUT2D eigenvalue weighted by molar-refractivity contribution is -0.134. The van der Waals surface area contributed by atoms with Gasteiger partial charge in [-0.2, -0.15) is 0 Å². The molecule has 0 unspecified atom stereocenters. The molecule has 0 bridgehead atoms. The number of likely N-dealkylation sites (N-methyl/N-ethyl adjacent to an activating group) is 1. The lowest BCUT2D eigenvalue weighted by Gasteiger charge is -2.26. The Morgan fingerprint density at radius 2 is 1.76 bits per heavy atom. The van der Waals surface area contributed by atoms with E-state index in [2.05, 4.69) is 5.32 Å². The number of nitrogens with zero attached hydrogens (tertiary/aromatic N) is 2. The van der Waals surface area contributed by atoms with E-state index in [1.807, 2.05) is 11.8 Å². The minimum absolute atomic E-state index is 0.0634. The summed E-state index contributed by atoms with van der Waals surface area (Å²) in [5.41, 5.74) is 0.820. The summed E-state index contributed by atoms with van der Waals surface area (Å²) in [7, 11) is 1.54. The molecule has 1 heterocycles. The van der Waals surface area contributed by atoms with Gasteiger partial charge in [-0.25, -0.2) is 0 Å². The second-order valence-electron chi connectivity index (χ2n) is 8.01. The van der Waals surface area contributed by atoms with E-state index in [9.17, 15) is 14.4 Å². The van der Waals surface area contributed by atoms with Gasteiger partial charge in [0.1, 0.15) is 0 Å². The lowest BCUT2D eigenvalue weighted by Crippen LogP contribution is -2.38. The van der Waals surface area contributed by atoms with Crippen LogP contribution < -0.4 is 14.8 Å². The van der Waals surface area contributed by atoms with Gasteiger partial charge in [-0.05, 0) is 56.5 Å². The van der Waals surface area contributed by atoms with E-state index >= 15 is 0 Å². The van der Waals surface area contributed by atoms with E-state index in [1.54, 1.807) is 42.5 Å². The molecule has 0 aliphatic carbocycles. The third kappa shape index (κ3) is 6.87. The van der Waals surface area contributed by atoms with Gasteiger partial charge in [0.05, 0.1) is 23.9 Å². The fourth-order valence-electron chi connectivity index (χ4n) is 3.66. The van der Waals surface area contributed by atoms with Crippen LogP contribution in [-0.2, 0) is 9.59 Å². The highest BCUT2D eigenvalue weighted by Gasteiger charge is 2.20. The zero-order valence-corrected chi connectivity index (χ0v) is 20.3. The van der Waals surface area contributed by atoms with Crippen molar-refractivity contribution in [2.45, 2.75) is 26.2 Å². The lowest BCUT2D eigenvalue weighted by atomic mass is 10.1. The van der Waals surface area contributed by atoms with Gasteiger partial charge in [-0.15, -0.1) is 0 Å². The number of piperidine rings is 1. The maximum Gasteiger partial charge on any atom is 0.260 e. The van der Waals surface area contributed by atoms with E-state index in [-0.39, 0.29) is 30.9 Å². The van der Waals surface area contributed by atoms with Gasteiger partial charge in [0.2, 0.25) is 5.91 Å². The number of ether oxygens (including phenoxy) is 2. The Morgan fingerprint density at radius 1 is 1.03 bits per heavy atom. The number of para-hydroxylation sites is 1. The van der Waals surface area contributed by atoms with Crippen LogP contribution in [0, 0.1) is 0 Å². The van der Waals surface area contributed by atoms with Crippen LogP contribution in [0.15, 0.2) is 42.5 Å². The normalized spacial score (nSPS) is 13.2. The number of rotatable bonds is 9. The molecule has 0 atom stereocenters. The van der Waals surface area contributed by atoms with Crippen molar-refractivity contribution in [1.29, 1.82) is 0 Å². The summed E-state index contributed by atoms with van der Waals surface area (Å²) in [6, 6.07) is 11.6. The van der Waals surface area contributed by atoms with E-state index in [1.165, 1.54) is 11.9 Å². The molecule has 0 aromatic heterocycles. The Kier molecular flexibility index (Phi) is 9.16. The molecule has 8 nitrogen and oxygen atoms in total. The third-order valence-corrected chi connectivity index (χ3v) is 5.76. The Morgan fingerprint density at radius 3 is 2.47 bits per heavy atom. The molecule has 3 amide bonds. The molecule has 182 valence electrons. The fraction of sp³-hybridized carbons (Fsp3) is 0.400. The van der Waals surface area contributed by atoms with E-state index in [0.29, 0.717) is 34.4 Å². The van der Waals surface area contributed by atoms with Crippen molar-refractivity contribution in [1.82, 2.24) is 9.80 Å². The molecule has 1 N–H and O–H groups in total. The molecule has 0 saturated carbocycles. The first kappa shape index (κ1) is 25.4. The summed E-state index contributed by atoms with van der Waals surface area (Å²) in [5.74, 6) is -0.0282. The SMILES string of the molecule is CCOc1cc(C(=O)N(C)CC(=O)Nc2ccccc2Cl)ccc1OCC(=O)N1CCCCC1. The average molecular weight is 488 g/mol. The zero-order valence-electron chi connectivity index (χ0n) is 19.5. The smallest absolute Gasteiger partial charge is 0.260 e.